The first-order valence-electron chi connectivity index (χ1n) is 7.29. The van der Waals surface area contributed by atoms with Crippen molar-refractivity contribution in [1.29, 1.82) is 0 Å². The van der Waals surface area contributed by atoms with Gasteiger partial charge >= 0.3 is 5.97 Å². The van der Waals surface area contributed by atoms with Crippen LogP contribution in [0.4, 0.5) is 5.69 Å². The third-order valence-electron chi connectivity index (χ3n) is 3.08. The molecule has 0 fully saturated rings. The van der Waals surface area contributed by atoms with Crippen LogP contribution in [0.2, 0.25) is 15.1 Å². The number of hydrogen-bond donors (Lipinski definition) is 1. The summed E-state index contributed by atoms with van der Waals surface area (Å²) in [6.45, 7) is 1.00. The zero-order valence-corrected chi connectivity index (χ0v) is 17.2. The Balaban J connectivity index is 1.85. The molecule has 2 aromatic rings. The molecular weight excluding hydrogens is 468 g/mol. The predicted molar refractivity (Wildman–Crippen MR) is 105 cm³/mol. The summed E-state index contributed by atoms with van der Waals surface area (Å²) in [4.78, 5) is 23.9. The summed E-state index contributed by atoms with van der Waals surface area (Å²) in [5.41, 5.74) is 0.410. The van der Waals surface area contributed by atoms with E-state index in [0.29, 0.717) is 15.7 Å². The summed E-state index contributed by atoms with van der Waals surface area (Å²) >= 11 is 21.1. The Hall–Kier alpha value is -1.47. The summed E-state index contributed by atoms with van der Waals surface area (Å²) in [6, 6.07) is 9.59. The Morgan fingerprint density at radius 3 is 2.50 bits per heavy atom. The van der Waals surface area contributed by atoms with Gasteiger partial charge in [-0.3, -0.25) is 4.79 Å². The highest BCUT2D eigenvalue weighted by Gasteiger charge is 2.19. The first-order valence-corrected chi connectivity index (χ1v) is 9.22. The fraction of sp³-hybridized carbons (Fsp3) is 0.176. The number of hydrogen-bond acceptors (Lipinski definition) is 4. The number of rotatable bonds is 6. The second-order valence-corrected chi connectivity index (χ2v) is 7.28. The van der Waals surface area contributed by atoms with Crippen molar-refractivity contribution >= 4 is 68.3 Å². The van der Waals surface area contributed by atoms with Gasteiger partial charge in [0, 0.05) is 9.50 Å². The van der Waals surface area contributed by atoms with Crippen molar-refractivity contribution < 1.29 is 19.1 Å². The summed E-state index contributed by atoms with van der Waals surface area (Å²) in [7, 11) is 0. The minimum absolute atomic E-state index is 0.264. The van der Waals surface area contributed by atoms with Gasteiger partial charge in [0.1, 0.15) is 5.75 Å². The molecule has 0 bridgehead atoms. The second-order valence-electron chi connectivity index (χ2n) is 5.11. The molecule has 1 atom stereocenters. The molecule has 0 saturated heterocycles. The number of carbonyl (C=O) groups is 2. The molecule has 0 aliphatic heterocycles. The maximum Gasteiger partial charge on any atom is 0.347 e. The third-order valence-corrected chi connectivity index (χ3v) is 4.42. The third kappa shape index (κ3) is 6.06. The number of esters is 1. The van der Waals surface area contributed by atoms with Crippen LogP contribution in [-0.4, -0.2) is 24.6 Å². The molecule has 0 unspecified atom stereocenters. The van der Waals surface area contributed by atoms with E-state index in [2.05, 4.69) is 21.2 Å². The number of carbonyl (C=O) groups excluding carboxylic acids is 2. The van der Waals surface area contributed by atoms with E-state index in [4.69, 9.17) is 44.3 Å². The lowest BCUT2D eigenvalue weighted by molar-refractivity contribution is -0.153. The molecule has 0 aromatic heterocycles. The van der Waals surface area contributed by atoms with Gasteiger partial charge in [0.15, 0.2) is 12.7 Å². The molecule has 0 aliphatic carbocycles. The van der Waals surface area contributed by atoms with Gasteiger partial charge in [0.2, 0.25) is 0 Å². The number of benzene rings is 2. The SMILES string of the molecule is C[C@H](Oc1ccc(Cl)cc1Cl)C(=O)OCC(=O)Nc1ccc(Br)cc1Cl. The van der Waals surface area contributed by atoms with Gasteiger partial charge in [-0.1, -0.05) is 50.7 Å². The number of ether oxygens (including phenoxy) is 2. The van der Waals surface area contributed by atoms with Gasteiger partial charge in [-0.15, -0.1) is 0 Å². The fourth-order valence-electron chi connectivity index (χ4n) is 1.84. The quantitative estimate of drug-likeness (QED) is 0.565. The van der Waals surface area contributed by atoms with E-state index in [-0.39, 0.29) is 10.8 Å². The van der Waals surface area contributed by atoms with Gasteiger partial charge < -0.3 is 14.8 Å². The Bertz CT molecular complexity index is 832. The molecule has 9 heteroatoms. The monoisotopic (exact) mass is 479 g/mol. The van der Waals surface area contributed by atoms with E-state index in [9.17, 15) is 9.59 Å². The highest BCUT2D eigenvalue weighted by molar-refractivity contribution is 9.10. The summed E-state index contributed by atoms with van der Waals surface area (Å²) < 4.78 is 11.1. The molecule has 26 heavy (non-hydrogen) atoms. The average Bonchev–Trinajstić information content (AvgIpc) is 2.57. The molecule has 1 amide bonds. The number of halogens is 4. The highest BCUT2D eigenvalue weighted by Crippen LogP contribution is 2.28. The largest absolute Gasteiger partial charge is 0.477 e. The van der Waals surface area contributed by atoms with Gasteiger partial charge in [0.05, 0.1) is 15.7 Å². The molecule has 2 aromatic carbocycles. The second kappa shape index (κ2) is 9.46. The molecule has 0 spiro atoms. The molecule has 2 rings (SSSR count). The van der Waals surface area contributed by atoms with Crippen LogP contribution in [0.25, 0.3) is 0 Å². The molecule has 0 radical (unpaired) electrons. The molecule has 5 nitrogen and oxygen atoms in total. The van der Waals surface area contributed by atoms with E-state index in [1.54, 1.807) is 24.3 Å². The van der Waals surface area contributed by atoms with Crippen molar-refractivity contribution in [2.24, 2.45) is 0 Å². The van der Waals surface area contributed by atoms with Crippen LogP contribution in [-0.2, 0) is 14.3 Å². The van der Waals surface area contributed by atoms with E-state index >= 15 is 0 Å². The van der Waals surface area contributed by atoms with Crippen molar-refractivity contribution in [2.45, 2.75) is 13.0 Å². The lowest BCUT2D eigenvalue weighted by Gasteiger charge is -2.15. The smallest absolute Gasteiger partial charge is 0.347 e. The number of anilines is 1. The van der Waals surface area contributed by atoms with Gasteiger partial charge in [0.25, 0.3) is 5.91 Å². The molecule has 1 N–H and O–H groups in total. The van der Waals surface area contributed by atoms with Crippen molar-refractivity contribution in [2.75, 3.05) is 11.9 Å². The van der Waals surface area contributed by atoms with Crippen molar-refractivity contribution in [3.63, 3.8) is 0 Å². The van der Waals surface area contributed by atoms with Crippen LogP contribution in [0, 0.1) is 0 Å². The van der Waals surface area contributed by atoms with Crippen LogP contribution >= 0.6 is 50.7 Å². The number of amides is 1. The minimum Gasteiger partial charge on any atom is -0.477 e. The Morgan fingerprint density at radius 2 is 1.85 bits per heavy atom. The molecule has 138 valence electrons. The van der Waals surface area contributed by atoms with Crippen molar-refractivity contribution in [3.05, 3.63) is 55.9 Å². The zero-order valence-electron chi connectivity index (χ0n) is 13.4. The minimum atomic E-state index is -0.960. The molecule has 0 saturated carbocycles. The van der Waals surface area contributed by atoms with E-state index in [1.165, 1.54) is 19.1 Å². The van der Waals surface area contributed by atoms with E-state index in [1.807, 2.05) is 0 Å². The Morgan fingerprint density at radius 1 is 1.12 bits per heavy atom. The van der Waals surface area contributed by atoms with Gasteiger partial charge in [-0.25, -0.2) is 4.79 Å². The topological polar surface area (TPSA) is 64.6 Å². The standard InChI is InChI=1S/C17H13BrCl3NO4/c1-9(26-15-5-3-11(19)7-13(15)21)17(24)25-8-16(23)22-14-4-2-10(18)6-12(14)20/h2-7,9H,8H2,1H3,(H,22,23)/t9-/m0/s1. The predicted octanol–water partition coefficient (Wildman–Crippen LogP) is 5.36. The van der Waals surface area contributed by atoms with Gasteiger partial charge in [-0.05, 0) is 43.3 Å². The maximum atomic E-state index is 12.0. The Kier molecular flexibility index (Phi) is 7.58. The van der Waals surface area contributed by atoms with Crippen molar-refractivity contribution in [3.8, 4) is 5.75 Å². The van der Waals surface area contributed by atoms with Crippen LogP contribution in [0.1, 0.15) is 6.92 Å². The summed E-state index contributed by atoms with van der Waals surface area (Å²) in [5, 5.41) is 3.61. The van der Waals surface area contributed by atoms with Crippen LogP contribution < -0.4 is 10.1 Å². The normalized spacial score (nSPS) is 11.6. The maximum absolute atomic E-state index is 12.0. The first kappa shape index (κ1) is 20.8. The summed E-state index contributed by atoms with van der Waals surface area (Å²) in [5.74, 6) is -0.959. The summed E-state index contributed by atoms with van der Waals surface area (Å²) in [6.07, 6.45) is -0.960. The average molecular weight is 482 g/mol. The molecule has 0 aliphatic rings. The Labute approximate surface area is 173 Å². The van der Waals surface area contributed by atoms with Crippen LogP contribution in [0.15, 0.2) is 40.9 Å². The fourth-order valence-corrected chi connectivity index (χ4v) is 3.01. The van der Waals surface area contributed by atoms with E-state index in [0.717, 1.165) is 4.47 Å². The van der Waals surface area contributed by atoms with Crippen LogP contribution in [0.3, 0.4) is 0 Å². The first-order chi connectivity index (χ1) is 12.3. The van der Waals surface area contributed by atoms with Crippen LogP contribution in [0.5, 0.6) is 5.75 Å². The molecule has 0 heterocycles. The lowest BCUT2D eigenvalue weighted by atomic mass is 10.3. The zero-order chi connectivity index (χ0) is 19.3. The van der Waals surface area contributed by atoms with E-state index < -0.39 is 24.6 Å². The van der Waals surface area contributed by atoms with Crippen molar-refractivity contribution in [1.82, 2.24) is 0 Å². The highest BCUT2D eigenvalue weighted by atomic mass is 79.9. The molecular formula is C17H13BrCl3NO4. The number of nitrogens with one attached hydrogen (secondary N) is 1. The van der Waals surface area contributed by atoms with Gasteiger partial charge in [-0.2, -0.15) is 0 Å². The lowest BCUT2D eigenvalue weighted by Crippen LogP contribution is -2.29.